The summed E-state index contributed by atoms with van der Waals surface area (Å²) in [4.78, 5) is 14.5. The van der Waals surface area contributed by atoms with Gasteiger partial charge < -0.3 is 15.0 Å². The van der Waals surface area contributed by atoms with E-state index in [9.17, 15) is 4.79 Å². The number of amides is 1. The van der Waals surface area contributed by atoms with Gasteiger partial charge in [-0.05, 0) is 61.6 Å². The molecule has 3 rings (SSSR count). The predicted molar refractivity (Wildman–Crippen MR) is 102 cm³/mol. The number of benzene rings is 2. The molecule has 0 radical (unpaired) electrons. The molecule has 1 N–H and O–H groups in total. The molecule has 0 bridgehead atoms. The normalized spacial score (nSPS) is 15.0. The lowest BCUT2D eigenvalue weighted by atomic mass is 9.99. The summed E-state index contributed by atoms with van der Waals surface area (Å²) >= 11 is 0. The Kier molecular flexibility index (Phi) is 5.59. The second kappa shape index (κ2) is 8.06. The topological polar surface area (TPSA) is 41.6 Å². The molecule has 0 aliphatic carbocycles. The maximum Gasteiger partial charge on any atom is 0.262 e. The predicted octanol–water partition coefficient (Wildman–Crippen LogP) is 4.25. The second-order valence-corrected chi connectivity index (χ2v) is 6.82. The zero-order valence-corrected chi connectivity index (χ0v) is 15.0. The average Bonchev–Trinajstić information content (AvgIpc) is 2.62. The van der Waals surface area contributed by atoms with E-state index < -0.39 is 0 Å². The summed E-state index contributed by atoms with van der Waals surface area (Å²) in [6, 6.07) is 15.8. The first kappa shape index (κ1) is 17.3. The van der Waals surface area contributed by atoms with E-state index in [1.54, 1.807) is 0 Å². The van der Waals surface area contributed by atoms with Gasteiger partial charge in [0.15, 0.2) is 6.61 Å². The molecule has 2 aromatic carbocycles. The number of ether oxygens (including phenoxy) is 1. The van der Waals surface area contributed by atoms with Crippen molar-refractivity contribution in [1.82, 2.24) is 0 Å². The van der Waals surface area contributed by atoms with Crippen LogP contribution in [-0.2, 0) is 4.79 Å². The summed E-state index contributed by atoms with van der Waals surface area (Å²) < 4.78 is 5.58. The van der Waals surface area contributed by atoms with Crippen LogP contribution in [0.5, 0.6) is 5.75 Å². The Labute approximate surface area is 149 Å². The number of anilines is 2. The van der Waals surface area contributed by atoms with Crippen molar-refractivity contribution in [3.05, 3.63) is 54.1 Å². The first-order chi connectivity index (χ1) is 12.1. The molecule has 1 aliphatic rings. The highest BCUT2D eigenvalue weighted by molar-refractivity contribution is 5.92. The third-order valence-corrected chi connectivity index (χ3v) is 4.75. The van der Waals surface area contributed by atoms with Gasteiger partial charge in [0.05, 0.1) is 0 Å². The Hall–Kier alpha value is -2.49. The summed E-state index contributed by atoms with van der Waals surface area (Å²) in [5.41, 5.74) is 3.05. The summed E-state index contributed by atoms with van der Waals surface area (Å²) in [5.74, 6) is 1.41. The largest absolute Gasteiger partial charge is 0.483 e. The van der Waals surface area contributed by atoms with Crippen molar-refractivity contribution < 1.29 is 9.53 Å². The maximum atomic E-state index is 12.1. The van der Waals surface area contributed by atoms with Crippen LogP contribution in [0, 0.1) is 12.8 Å². The smallest absolute Gasteiger partial charge is 0.262 e. The number of hydrogen-bond donors (Lipinski definition) is 1. The molecule has 0 aromatic heterocycles. The standard InChI is InChI=1S/C21H26N2O2/c1-16-11-13-23(14-12-16)19-9-7-18(8-10-19)22-21(24)15-25-20-6-4-3-5-17(20)2/h3-10,16H,11-15H2,1-2H3,(H,22,24). The summed E-state index contributed by atoms with van der Waals surface area (Å²) in [7, 11) is 0. The molecule has 0 atom stereocenters. The molecule has 1 amide bonds. The SMILES string of the molecule is Cc1ccccc1OCC(=O)Nc1ccc(N2CCC(C)CC2)cc1. The lowest BCUT2D eigenvalue weighted by Crippen LogP contribution is -2.32. The van der Waals surface area contributed by atoms with Gasteiger partial charge in [0.25, 0.3) is 5.91 Å². The zero-order valence-electron chi connectivity index (χ0n) is 15.0. The Balaban J connectivity index is 1.51. The monoisotopic (exact) mass is 338 g/mol. The first-order valence-electron chi connectivity index (χ1n) is 8.95. The van der Waals surface area contributed by atoms with Crippen LogP contribution in [0.25, 0.3) is 0 Å². The molecular formula is C21H26N2O2. The number of para-hydroxylation sites is 1. The van der Waals surface area contributed by atoms with Crippen LogP contribution >= 0.6 is 0 Å². The molecule has 25 heavy (non-hydrogen) atoms. The van der Waals surface area contributed by atoms with E-state index in [4.69, 9.17) is 4.74 Å². The van der Waals surface area contributed by atoms with Gasteiger partial charge in [-0.3, -0.25) is 4.79 Å². The number of aryl methyl sites for hydroxylation is 1. The molecule has 2 aromatic rings. The van der Waals surface area contributed by atoms with Crippen LogP contribution in [0.1, 0.15) is 25.3 Å². The van der Waals surface area contributed by atoms with Gasteiger partial charge in [-0.1, -0.05) is 25.1 Å². The van der Waals surface area contributed by atoms with Crippen molar-refractivity contribution in [3.8, 4) is 5.75 Å². The molecule has 4 nitrogen and oxygen atoms in total. The van der Waals surface area contributed by atoms with Crippen LogP contribution in [-0.4, -0.2) is 25.6 Å². The molecule has 0 unspecified atom stereocenters. The minimum absolute atomic E-state index is 0.0105. The highest BCUT2D eigenvalue weighted by Gasteiger charge is 2.16. The van der Waals surface area contributed by atoms with E-state index in [1.807, 2.05) is 43.3 Å². The summed E-state index contributed by atoms with van der Waals surface area (Å²) in [5, 5.41) is 2.89. The molecule has 1 heterocycles. The van der Waals surface area contributed by atoms with Crippen molar-refractivity contribution >= 4 is 17.3 Å². The Morgan fingerprint density at radius 3 is 2.48 bits per heavy atom. The van der Waals surface area contributed by atoms with Crippen molar-refractivity contribution in [3.63, 3.8) is 0 Å². The van der Waals surface area contributed by atoms with Gasteiger partial charge in [0.1, 0.15) is 5.75 Å². The fourth-order valence-electron chi connectivity index (χ4n) is 3.08. The van der Waals surface area contributed by atoms with Gasteiger partial charge in [0.2, 0.25) is 0 Å². The van der Waals surface area contributed by atoms with Crippen molar-refractivity contribution in [2.24, 2.45) is 5.92 Å². The van der Waals surface area contributed by atoms with E-state index in [0.717, 1.165) is 36.0 Å². The van der Waals surface area contributed by atoms with Crippen LogP contribution < -0.4 is 15.0 Å². The van der Waals surface area contributed by atoms with Gasteiger partial charge >= 0.3 is 0 Å². The van der Waals surface area contributed by atoms with Crippen molar-refractivity contribution in [1.29, 1.82) is 0 Å². The van der Waals surface area contributed by atoms with Gasteiger partial charge in [0, 0.05) is 24.5 Å². The highest BCUT2D eigenvalue weighted by Crippen LogP contribution is 2.24. The minimum atomic E-state index is -0.150. The number of nitrogens with one attached hydrogen (secondary N) is 1. The number of carbonyl (C=O) groups excluding carboxylic acids is 1. The Morgan fingerprint density at radius 1 is 1.12 bits per heavy atom. The van der Waals surface area contributed by atoms with Gasteiger partial charge in [-0.2, -0.15) is 0 Å². The number of piperidine rings is 1. The van der Waals surface area contributed by atoms with E-state index in [0.29, 0.717) is 0 Å². The first-order valence-corrected chi connectivity index (χ1v) is 8.95. The minimum Gasteiger partial charge on any atom is -0.483 e. The van der Waals surface area contributed by atoms with E-state index >= 15 is 0 Å². The molecule has 1 aliphatic heterocycles. The molecular weight excluding hydrogens is 312 g/mol. The third-order valence-electron chi connectivity index (χ3n) is 4.75. The molecule has 132 valence electrons. The quantitative estimate of drug-likeness (QED) is 0.886. The number of rotatable bonds is 5. The van der Waals surface area contributed by atoms with Crippen molar-refractivity contribution in [2.75, 3.05) is 29.9 Å². The number of carbonyl (C=O) groups is 1. The maximum absolute atomic E-state index is 12.1. The lowest BCUT2D eigenvalue weighted by molar-refractivity contribution is -0.118. The second-order valence-electron chi connectivity index (χ2n) is 6.82. The molecule has 4 heteroatoms. The average molecular weight is 338 g/mol. The Morgan fingerprint density at radius 2 is 1.80 bits per heavy atom. The summed E-state index contributed by atoms with van der Waals surface area (Å²) in [6.07, 6.45) is 2.49. The molecule has 0 saturated carbocycles. The van der Waals surface area contributed by atoms with E-state index in [1.165, 1.54) is 18.5 Å². The van der Waals surface area contributed by atoms with Crippen LogP contribution in [0.2, 0.25) is 0 Å². The number of hydrogen-bond acceptors (Lipinski definition) is 3. The number of nitrogens with zero attached hydrogens (tertiary/aromatic N) is 1. The van der Waals surface area contributed by atoms with Gasteiger partial charge in [-0.25, -0.2) is 0 Å². The molecule has 1 fully saturated rings. The van der Waals surface area contributed by atoms with Crippen LogP contribution in [0.15, 0.2) is 48.5 Å². The third kappa shape index (κ3) is 4.75. The zero-order chi connectivity index (χ0) is 17.6. The summed E-state index contributed by atoms with van der Waals surface area (Å²) in [6.45, 7) is 6.51. The molecule has 0 spiro atoms. The van der Waals surface area contributed by atoms with Crippen LogP contribution in [0.4, 0.5) is 11.4 Å². The highest BCUT2D eigenvalue weighted by atomic mass is 16.5. The lowest BCUT2D eigenvalue weighted by Gasteiger charge is -2.32. The van der Waals surface area contributed by atoms with E-state index in [2.05, 4.69) is 29.3 Å². The van der Waals surface area contributed by atoms with Crippen LogP contribution in [0.3, 0.4) is 0 Å². The van der Waals surface area contributed by atoms with E-state index in [-0.39, 0.29) is 12.5 Å². The Bertz CT molecular complexity index is 704. The fraction of sp³-hybridized carbons (Fsp3) is 0.381. The molecule has 1 saturated heterocycles. The van der Waals surface area contributed by atoms with Crippen molar-refractivity contribution in [2.45, 2.75) is 26.7 Å². The fourth-order valence-corrected chi connectivity index (χ4v) is 3.08. The van der Waals surface area contributed by atoms with Gasteiger partial charge in [-0.15, -0.1) is 0 Å².